The Kier molecular flexibility index (Phi) is 3.84. The molecular weight excluding hydrogens is 352 g/mol. The van der Waals surface area contributed by atoms with E-state index in [-0.39, 0.29) is 5.56 Å². The molecule has 2 heterocycles. The third kappa shape index (κ3) is 2.29. The van der Waals surface area contributed by atoms with Gasteiger partial charge in [0.25, 0.3) is 11.8 Å². The standard InChI is InChI=1S/C16H17ClN2O4S/c1-15(2)10(12(21)22)19-13(23)16(3,14(19)24-15)18-11(20)8-6-4-5-7-9(8)17/h4-7,10,14H,1-3H3,(H,18,20)(H,21,22)/t10-,14+,16?/m0/s1. The molecule has 0 aromatic heterocycles. The second-order valence-corrected chi connectivity index (χ2v) is 8.80. The molecule has 6 nitrogen and oxygen atoms in total. The minimum atomic E-state index is -1.15. The molecule has 2 amide bonds. The number of carboxylic acids is 1. The summed E-state index contributed by atoms with van der Waals surface area (Å²) >= 11 is 7.41. The van der Waals surface area contributed by atoms with Crippen LogP contribution < -0.4 is 5.32 Å². The largest absolute Gasteiger partial charge is 0.480 e. The van der Waals surface area contributed by atoms with Crippen molar-refractivity contribution in [2.45, 2.75) is 42.5 Å². The van der Waals surface area contributed by atoms with Crippen LogP contribution >= 0.6 is 23.4 Å². The summed E-state index contributed by atoms with van der Waals surface area (Å²) in [6.07, 6.45) is 0. The number of hydrogen-bond donors (Lipinski definition) is 2. The zero-order chi connectivity index (χ0) is 17.9. The molecule has 0 aliphatic carbocycles. The van der Waals surface area contributed by atoms with Gasteiger partial charge in [-0.15, -0.1) is 11.8 Å². The van der Waals surface area contributed by atoms with E-state index in [0.29, 0.717) is 5.02 Å². The summed E-state index contributed by atoms with van der Waals surface area (Å²) in [4.78, 5) is 38.0. The van der Waals surface area contributed by atoms with Crippen LogP contribution in [-0.4, -0.2) is 49.5 Å². The maximum Gasteiger partial charge on any atom is 0.327 e. The first kappa shape index (κ1) is 17.1. The number of carbonyl (C=O) groups is 3. The van der Waals surface area contributed by atoms with Crippen molar-refractivity contribution in [3.05, 3.63) is 34.9 Å². The third-order valence-corrected chi connectivity index (χ3v) is 6.59. The van der Waals surface area contributed by atoms with Gasteiger partial charge in [0.1, 0.15) is 17.0 Å². The Bertz CT molecular complexity index is 753. The number of carbonyl (C=O) groups excluding carboxylic acids is 2. The highest BCUT2D eigenvalue weighted by Crippen LogP contribution is 2.54. The summed E-state index contributed by atoms with van der Waals surface area (Å²) in [5.74, 6) is -1.88. The van der Waals surface area contributed by atoms with Crippen LogP contribution in [0, 0.1) is 0 Å². The molecule has 3 rings (SSSR count). The molecule has 1 unspecified atom stereocenters. The Labute approximate surface area is 148 Å². The van der Waals surface area contributed by atoms with Crippen LogP contribution in [0.15, 0.2) is 24.3 Å². The normalized spacial score (nSPS) is 30.5. The minimum Gasteiger partial charge on any atom is -0.480 e. The predicted octanol–water partition coefficient (Wildman–Crippen LogP) is 1.98. The molecule has 0 spiro atoms. The van der Waals surface area contributed by atoms with Gasteiger partial charge in [-0.25, -0.2) is 4.79 Å². The summed E-state index contributed by atoms with van der Waals surface area (Å²) in [6, 6.07) is 5.66. The topological polar surface area (TPSA) is 86.7 Å². The molecular formula is C16H17ClN2O4S. The highest BCUT2D eigenvalue weighted by Gasteiger charge is 2.70. The Morgan fingerprint density at radius 3 is 2.50 bits per heavy atom. The molecule has 8 heteroatoms. The van der Waals surface area contributed by atoms with Crippen molar-refractivity contribution in [1.29, 1.82) is 0 Å². The average Bonchev–Trinajstić information content (AvgIpc) is 2.77. The smallest absolute Gasteiger partial charge is 0.327 e. The van der Waals surface area contributed by atoms with E-state index in [1.165, 1.54) is 16.7 Å². The van der Waals surface area contributed by atoms with Gasteiger partial charge in [0.05, 0.1) is 10.6 Å². The van der Waals surface area contributed by atoms with Gasteiger partial charge < -0.3 is 15.3 Å². The van der Waals surface area contributed by atoms with Crippen molar-refractivity contribution in [1.82, 2.24) is 10.2 Å². The van der Waals surface area contributed by atoms with Crippen molar-refractivity contribution in [3.8, 4) is 0 Å². The van der Waals surface area contributed by atoms with E-state index in [1.807, 2.05) is 0 Å². The SMILES string of the molecule is CC1(C)S[C@H]2N(C(=O)C2(C)NC(=O)c2ccccc2Cl)[C@H]1C(=O)O. The van der Waals surface area contributed by atoms with E-state index in [0.717, 1.165) is 0 Å². The lowest BCUT2D eigenvalue weighted by Gasteiger charge is -2.51. The van der Waals surface area contributed by atoms with Crippen LogP contribution in [0.4, 0.5) is 0 Å². The molecule has 2 N–H and O–H groups in total. The lowest BCUT2D eigenvalue weighted by atomic mass is 9.86. The molecule has 1 aromatic carbocycles. The van der Waals surface area contributed by atoms with Gasteiger partial charge in [0.2, 0.25) is 0 Å². The van der Waals surface area contributed by atoms with Gasteiger partial charge in [-0.1, -0.05) is 23.7 Å². The number of carboxylic acid groups (broad SMARTS) is 1. The Morgan fingerprint density at radius 1 is 1.29 bits per heavy atom. The van der Waals surface area contributed by atoms with Gasteiger partial charge >= 0.3 is 5.97 Å². The van der Waals surface area contributed by atoms with Crippen molar-refractivity contribution < 1.29 is 19.5 Å². The number of β-lactam (4-membered cyclic amide) rings is 1. The molecule has 3 atom stereocenters. The van der Waals surface area contributed by atoms with Crippen LogP contribution in [0.2, 0.25) is 5.02 Å². The first-order valence-electron chi connectivity index (χ1n) is 7.40. The molecule has 0 bridgehead atoms. The van der Waals surface area contributed by atoms with E-state index >= 15 is 0 Å². The van der Waals surface area contributed by atoms with Gasteiger partial charge in [0.15, 0.2) is 0 Å². The maximum atomic E-state index is 12.6. The van der Waals surface area contributed by atoms with Crippen molar-refractivity contribution >= 4 is 41.1 Å². The number of nitrogens with zero attached hydrogens (tertiary/aromatic N) is 1. The second-order valence-electron chi connectivity index (χ2n) is 6.66. The zero-order valence-electron chi connectivity index (χ0n) is 13.4. The van der Waals surface area contributed by atoms with Crippen LogP contribution in [0.1, 0.15) is 31.1 Å². The molecule has 2 fully saturated rings. The fourth-order valence-electron chi connectivity index (χ4n) is 3.29. The number of hydrogen-bond acceptors (Lipinski definition) is 4. The summed E-state index contributed by atoms with van der Waals surface area (Å²) in [7, 11) is 0. The number of aliphatic carboxylic acids is 1. The van der Waals surface area contributed by atoms with E-state index < -0.39 is 39.5 Å². The van der Waals surface area contributed by atoms with Crippen molar-refractivity contribution in [2.75, 3.05) is 0 Å². The number of amides is 2. The molecule has 24 heavy (non-hydrogen) atoms. The maximum absolute atomic E-state index is 12.6. The fourth-order valence-corrected chi connectivity index (χ4v) is 5.15. The summed E-state index contributed by atoms with van der Waals surface area (Å²) in [5, 5.41) is 12.1. The molecule has 2 aliphatic heterocycles. The zero-order valence-corrected chi connectivity index (χ0v) is 14.9. The van der Waals surface area contributed by atoms with Crippen molar-refractivity contribution in [3.63, 3.8) is 0 Å². The number of thioether (sulfide) groups is 1. The molecule has 2 aliphatic rings. The number of fused-ring (bicyclic) bond motifs is 1. The Morgan fingerprint density at radius 2 is 1.92 bits per heavy atom. The molecule has 128 valence electrons. The first-order chi connectivity index (χ1) is 11.1. The number of nitrogens with one attached hydrogen (secondary N) is 1. The Hall–Kier alpha value is -1.73. The average molecular weight is 369 g/mol. The Balaban J connectivity index is 1.86. The van der Waals surface area contributed by atoms with Gasteiger partial charge in [-0.2, -0.15) is 0 Å². The van der Waals surface area contributed by atoms with E-state index in [4.69, 9.17) is 11.6 Å². The van der Waals surface area contributed by atoms with Gasteiger partial charge in [-0.3, -0.25) is 9.59 Å². The lowest BCUT2D eigenvalue weighted by molar-refractivity contribution is -0.165. The lowest BCUT2D eigenvalue weighted by Crippen LogP contribution is -2.78. The molecule has 0 radical (unpaired) electrons. The van der Waals surface area contributed by atoms with E-state index in [2.05, 4.69) is 5.32 Å². The van der Waals surface area contributed by atoms with Crippen LogP contribution in [0.5, 0.6) is 0 Å². The number of benzene rings is 1. The highest BCUT2D eigenvalue weighted by atomic mass is 35.5. The van der Waals surface area contributed by atoms with Crippen LogP contribution in [0.25, 0.3) is 0 Å². The van der Waals surface area contributed by atoms with Crippen LogP contribution in [-0.2, 0) is 9.59 Å². The predicted molar refractivity (Wildman–Crippen MR) is 91.1 cm³/mol. The number of rotatable bonds is 3. The highest BCUT2D eigenvalue weighted by molar-refractivity contribution is 8.01. The number of halogens is 1. The van der Waals surface area contributed by atoms with Crippen LogP contribution in [0.3, 0.4) is 0 Å². The summed E-state index contributed by atoms with van der Waals surface area (Å²) < 4.78 is -0.640. The summed E-state index contributed by atoms with van der Waals surface area (Å²) in [6.45, 7) is 5.20. The van der Waals surface area contributed by atoms with Crippen molar-refractivity contribution in [2.24, 2.45) is 0 Å². The third-order valence-electron chi connectivity index (χ3n) is 4.50. The molecule has 0 saturated carbocycles. The monoisotopic (exact) mass is 368 g/mol. The van der Waals surface area contributed by atoms with Gasteiger partial charge in [0, 0.05) is 4.75 Å². The molecule has 1 aromatic rings. The van der Waals surface area contributed by atoms with E-state index in [1.54, 1.807) is 45.0 Å². The first-order valence-corrected chi connectivity index (χ1v) is 8.66. The quantitative estimate of drug-likeness (QED) is 0.796. The minimum absolute atomic E-state index is 0.281. The molecule has 2 saturated heterocycles. The van der Waals surface area contributed by atoms with Gasteiger partial charge in [-0.05, 0) is 32.9 Å². The summed E-state index contributed by atoms with van der Waals surface area (Å²) in [5.41, 5.74) is -0.869. The van der Waals surface area contributed by atoms with E-state index in [9.17, 15) is 19.5 Å². The second kappa shape index (κ2) is 5.39. The fraction of sp³-hybridized carbons (Fsp3) is 0.438.